The number of fused-ring (bicyclic) bond motifs is 1. The first-order chi connectivity index (χ1) is 4.97. The average molecular weight is 143 g/mol. The van der Waals surface area contributed by atoms with E-state index in [-0.39, 0.29) is 0 Å². The molecule has 2 rings (SSSR count). The van der Waals surface area contributed by atoms with E-state index in [4.69, 9.17) is 9.47 Å². The van der Waals surface area contributed by atoms with E-state index < -0.39 is 0 Å². The molecule has 0 spiro atoms. The summed E-state index contributed by atoms with van der Waals surface area (Å²) in [6.07, 6.45) is 1.42. The van der Waals surface area contributed by atoms with Gasteiger partial charge in [0.05, 0.1) is 19.3 Å². The number of morpholine rings is 1. The van der Waals surface area contributed by atoms with Crippen molar-refractivity contribution in [3.05, 3.63) is 0 Å². The first-order valence-corrected chi connectivity index (χ1v) is 3.89. The average Bonchev–Trinajstić information content (AvgIpc) is 2.05. The Labute approximate surface area is 60.7 Å². The molecule has 0 saturated carbocycles. The third-order valence-corrected chi connectivity index (χ3v) is 2.14. The standard InChI is InChI=1S/C7H13NO2/c1-3-9-5-7-6(1)8-2-4-10-7/h6-8H,1-5H2. The molecule has 0 aromatic rings. The van der Waals surface area contributed by atoms with E-state index in [1.807, 2.05) is 0 Å². The summed E-state index contributed by atoms with van der Waals surface area (Å²) in [6, 6.07) is 0.558. The number of rotatable bonds is 0. The highest BCUT2D eigenvalue weighted by molar-refractivity contribution is 4.83. The largest absolute Gasteiger partial charge is 0.379 e. The van der Waals surface area contributed by atoms with E-state index in [2.05, 4.69) is 5.32 Å². The number of ether oxygens (including phenoxy) is 2. The minimum atomic E-state index is 0.322. The Bertz CT molecular complexity index is 92.2. The van der Waals surface area contributed by atoms with E-state index >= 15 is 0 Å². The van der Waals surface area contributed by atoms with Gasteiger partial charge in [0, 0.05) is 19.2 Å². The summed E-state index contributed by atoms with van der Waals surface area (Å²) in [7, 11) is 0. The predicted molar refractivity (Wildman–Crippen MR) is 37.0 cm³/mol. The summed E-state index contributed by atoms with van der Waals surface area (Å²) in [5.74, 6) is 0. The zero-order valence-electron chi connectivity index (χ0n) is 6.01. The summed E-state index contributed by atoms with van der Waals surface area (Å²) in [5, 5.41) is 3.42. The Morgan fingerprint density at radius 2 is 2.30 bits per heavy atom. The van der Waals surface area contributed by atoms with Crippen molar-refractivity contribution in [3.8, 4) is 0 Å². The van der Waals surface area contributed by atoms with Gasteiger partial charge >= 0.3 is 0 Å². The van der Waals surface area contributed by atoms with Crippen LogP contribution in [0.15, 0.2) is 0 Å². The van der Waals surface area contributed by atoms with E-state index in [1.165, 1.54) is 0 Å². The monoisotopic (exact) mass is 143 g/mol. The Morgan fingerprint density at radius 1 is 1.30 bits per heavy atom. The van der Waals surface area contributed by atoms with Crippen molar-refractivity contribution >= 4 is 0 Å². The van der Waals surface area contributed by atoms with Crippen LogP contribution in [0.2, 0.25) is 0 Å². The smallest absolute Gasteiger partial charge is 0.0962 e. The van der Waals surface area contributed by atoms with Crippen molar-refractivity contribution in [2.45, 2.75) is 18.6 Å². The zero-order chi connectivity index (χ0) is 6.81. The van der Waals surface area contributed by atoms with Crippen LogP contribution in [-0.2, 0) is 9.47 Å². The van der Waals surface area contributed by atoms with Crippen LogP contribution in [0.4, 0.5) is 0 Å². The summed E-state index contributed by atoms with van der Waals surface area (Å²) in [5.41, 5.74) is 0. The molecule has 10 heavy (non-hydrogen) atoms. The number of hydrogen-bond acceptors (Lipinski definition) is 3. The molecule has 1 N–H and O–H groups in total. The van der Waals surface area contributed by atoms with E-state index in [0.29, 0.717) is 12.1 Å². The van der Waals surface area contributed by atoms with Crippen LogP contribution >= 0.6 is 0 Å². The summed E-state index contributed by atoms with van der Waals surface area (Å²) < 4.78 is 10.8. The fourth-order valence-corrected chi connectivity index (χ4v) is 1.56. The minimum Gasteiger partial charge on any atom is -0.379 e. The van der Waals surface area contributed by atoms with E-state index in [1.54, 1.807) is 0 Å². The molecule has 2 saturated heterocycles. The van der Waals surface area contributed by atoms with Gasteiger partial charge in [0.2, 0.25) is 0 Å². The molecule has 0 aliphatic carbocycles. The molecular formula is C7H13NO2. The summed E-state index contributed by atoms with van der Waals surface area (Å²) in [6.45, 7) is 3.50. The topological polar surface area (TPSA) is 30.5 Å². The van der Waals surface area contributed by atoms with Crippen LogP contribution in [0.25, 0.3) is 0 Å². The molecule has 0 aromatic heterocycles. The third-order valence-electron chi connectivity index (χ3n) is 2.14. The predicted octanol–water partition coefficient (Wildman–Crippen LogP) is -0.236. The Morgan fingerprint density at radius 3 is 3.20 bits per heavy atom. The van der Waals surface area contributed by atoms with Gasteiger partial charge in [-0.1, -0.05) is 0 Å². The lowest BCUT2D eigenvalue weighted by Crippen LogP contribution is -2.53. The Kier molecular flexibility index (Phi) is 1.88. The lowest BCUT2D eigenvalue weighted by Gasteiger charge is -2.35. The lowest BCUT2D eigenvalue weighted by molar-refractivity contribution is -0.0884. The maximum absolute atomic E-state index is 5.49. The van der Waals surface area contributed by atoms with Gasteiger partial charge in [-0.15, -0.1) is 0 Å². The van der Waals surface area contributed by atoms with Gasteiger partial charge in [-0.05, 0) is 6.42 Å². The van der Waals surface area contributed by atoms with Crippen molar-refractivity contribution in [1.29, 1.82) is 0 Å². The molecule has 0 radical (unpaired) electrons. The van der Waals surface area contributed by atoms with Crippen molar-refractivity contribution < 1.29 is 9.47 Å². The SMILES string of the molecule is C1COC2COCCC2N1. The zero-order valence-corrected chi connectivity index (χ0v) is 6.01. The third kappa shape index (κ3) is 1.17. The second-order valence-electron chi connectivity index (χ2n) is 2.83. The molecule has 2 atom stereocenters. The van der Waals surface area contributed by atoms with Crippen LogP contribution in [0.3, 0.4) is 0 Å². The molecule has 0 bridgehead atoms. The second-order valence-corrected chi connectivity index (χ2v) is 2.83. The van der Waals surface area contributed by atoms with Gasteiger partial charge < -0.3 is 14.8 Å². The molecule has 2 fully saturated rings. The highest BCUT2D eigenvalue weighted by atomic mass is 16.5. The number of hydrogen-bond donors (Lipinski definition) is 1. The highest BCUT2D eigenvalue weighted by Gasteiger charge is 2.28. The lowest BCUT2D eigenvalue weighted by atomic mass is 10.1. The van der Waals surface area contributed by atoms with Crippen molar-refractivity contribution in [2.75, 3.05) is 26.4 Å². The fourth-order valence-electron chi connectivity index (χ4n) is 1.56. The fraction of sp³-hybridized carbons (Fsp3) is 1.00. The molecule has 0 aromatic carbocycles. The summed E-state index contributed by atoms with van der Waals surface area (Å²) >= 11 is 0. The maximum atomic E-state index is 5.49. The molecule has 0 amide bonds. The second kappa shape index (κ2) is 2.86. The minimum absolute atomic E-state index is 0.322. The van der Waals surface area contributed by atoms with Gasteiger partial charge in [0.25, 0.3) is 0 Å². The highest BCUT2D eigenvalue weighted by Crippen LogP contribution is 2.13. The normalized spacial score (nSPS) is 40.8. The first kappa shape index (κ1) is 6.58. The van der Waals surface area contributed by atoms with Crippen LogP contribution in [0, 0.1) is 0 Å². The Hall–Kier alpha value is -0.120. The molecule has 2 heterocycles. The van der Waals surface area contributed by atoms with Crippen molar-refractivity contribution in [2.24, 2.45) is 0 Å². The van der Waals surface area contributed by atoms with Gasteiger partial charge in [0.1, 0.15) is 0 Å². The quantitative estimate of drug-likeness (QED) is 0.508. The van der Waals surface area contributed by atoms with Gasteiger partial charge in [-0.2, -0.15) is 0 Å². The van der Waals surface area contributed by atoms with E-state index in [9.17, 15) is 0 Å². The molecule has 2 aliphatic heterocycles. The van der Waals surface area contributed by atoms with E-state index in [0.717, 1.165) is 32.8 Å². The van der Waals surface area contributed by atoms with Gasteiger partial charge in [-0.3, -0.25) is 0 Å². The molecule has 2 aliphatic rings. The van der Waals surface area contributed by atoms with Crippen molar-refractivity contribution in [1.82, 2.24) is 5.32 Å². The summed E-state index contributed by atoms with van der Waals surface area (Å²) in [4.78, 5) is 0. The van der Waals surface area contributed by atoms with Crippen LogP contribution in [-0.4, -0.2) is 38.5 Å². The molecule has 58 valence electrons. The van der Waals surface area contributed by atoms with Crippen LogP contribution in [0.1, 0.15) is 6.42 Å². The van der Waals surface area contributed by atoms with Crippen LogP contribution < -0.4 is 5.32 Å². The van der Waals surface area contributed by atoms with Crippen LogP contribution in [0.5, 0.6) is 0 Å². The number of nitrogens with one attached hydrogen (secondary N) is 1. The van der Waals surface area contributed by atoms with Gasteiger partial charge in [0.15, 0.2) is 0 Å². The Balaban J connectivity index is 1.93. The molecule has 3 heteroatoms. The van der Waals surface area contributed by atoms with Gasteiger partial charge in [-0.25, -0.2) is 0 Å². The molecule has 2 unspecified atom stereocenters. The molecular weight excluding hydrogens is 130 g/mol. The maximum Gasteiger partial charge on any atom is 0.0962 e. The van der Waals surface area contributed by atoms with Crippen molar-refractivity contribution in [3.63, 3.8) is 0 Å². The first-order valence-electron chi connectivity index (χ1n) is 3.89. The molecule has 3 nitrogen and oxygen atoms in total.